The highest BCUT2D eigenvalue weighted by molar-refractivity contribution is 6.39. The quantitative estimate of drug-likeness (QED) is 0.149. The Bertz CT molecular complexity index is 1780. The van der Waals surface area contributed by atoms with Gasteiger partial charge in [0.15, 0.2) is 5.78 Å². The molecule has 0 spiro atoms. The van der Waals surface area contributed by atoms with Crippen LogP contribution in [0.5, 0.6) is 0 Å². The first-order chi connectivity index (χ1) is 31.1. The van der Waals surface area contributed by atoms with Crippen molar-refractivity contribution >= 4 is 29.2 Å². The fourth-order valence-corrected chi connectivity index (χ4v) is 10.6. The molecule has 3 fully saturated rings. The normalized spacial score (nSPS) is 40.1. The van der Waals surface area contributed by atoms with E-state index in [0.29, 0.717) is 62.4 Å². The van der Waals surface area contributed by atoms with Crippen LogP contribution in [0.15, 0.2) is 47.6 Å². The van der Waals surface area contributed by atoms with Crippen molar-refractivity contribution in [2.75, 3.05) is 13.7 Å². The molecule has 12 nitrogen and oxygen atoms in total. The number of amides is 1. The predicted molar refractivity (Wildman–Crippen MR) is 256 cm³/mol. The lowest BCUT2D eigenvalue weighted by Gasteiger charge is -2.42. The van der Waals surface area contributed by atoms with Gasteiger partial charge in [-0.25, -0.2) is 4.79 Å². The average molecular weight is 924 g/mol. The van der Waals surface area contributed by atoms with Gasteiger partial charge in [-0.1, -0.05) is 90.5 Å². The zero-order chi connectivity index (χ0) is 49.0. The van der Waals surface area contributed by atoms with Crippen molar-refractivity contribution in [3.05, 3.63) is 47.6 Å². The molecule has 3 aliphatic heterocycles. The first kappa shape index (κ1) is 55.3. The Morgan fingerprint density at radius 1 is 0.848 bits per heavy atom. The SMILES string of the molecule is CO[C@H]1C(=O)[C@H](C)C[C@H](C)/C=C/C=C/C=C(\C)[C@@H](C)C[C@@H]2CC[C@@H](C)[C@@](O)(O2)C(=O)C(=O)N2CCCC[C@H]2C(=O)OC([C@H](C)C[C@@H]2CC[C@@H](OC(C)C)[C@H](C)C2)CC(=O)[C@H](C)/C=C(\C)[C@H]1O. The van der Waals surface area contributed by atoms with E-state index in [2.05, 4.69) is 13.8 Å². The van der Waals surface area contributed by atoms with Gasteiger partial charge in [-0.3, -0.25) is 19.2 Å². The van der Waals surface area contributed by atoms with Crippen molar-refractivity contribution in [1.29, 1.82) is 0 Å². The van der Waals surface area contributed by atoms with Gasteiger partial charge >= 0.3 is 5.97 Å². The maximum atomic E-state index is 14.4. The van der Waals surface area contributed by atoms with Gasteiger partial charge in [0.05, 0.1) is 18.3 Å². The van der Waals surface area contributed by atoms with Crippen LogP contribution < -0.4 is 0 Å². The lowest BCUT2D eigenvalue weighted by molar-refractivity contribution is -0.264. The molecule has 1 amide bonds. The molecule has 1 unspecified atom stereocenters. The second-order valence-corrected chi connectivity index (χ2v) is 21.1. The van der Waals surface area contributed by atoms with Gasteiger partial charge in [0, 0.05) is 37.8 Å². The van der Waals surface area contributed by atoms with E-state index < -0.39 is 71.7 Å². The van der Waals surface area contributed by atoms with Crippen molar-refractivity contribution in [3.63, 3.8) is 0 Å². The molecule has 4 rings (SSSR count). The molecule has 1 saturated carbocycles. The number of hydrogen-bond acceptors (Lipinski definition) is 11. The van der Waals surface area contributed by atoms with E-state index in [9.17, 15) is 34.2 Å². The van der Waals surface area contributed by atoms with E-state index in [1.54, 1.807) is 26.8 Å². The molecule has 0 aromatic carbocycles. The van der Waals surface area contributed by atoms with E-state index in [4.69, 9.17) is 18.9 Å². The molecule has 2 N–H and O–H groups in total. The Kier molecular flexibility index (Phi) is 21.2. The highest BCUT2D eigenvalue weighted by Gasteiger charge is 2.53. The molecule has 0 radical (unpaired) electrons. The largest absolute Gasteiger partial charge is 0.460 e. The molecular formula is C54H85NO11. The van der Waals surface area contributed by atoms with E-state index in [1.807, 2.05) is 71.9 Å². The fraction of sp³-hybridized carbons (Fsp3) is 0.759. The zero-order valence-electron chi connectivity index (χ0n) is 42.3. The third kappa shape index (κ3) is 14.9. The number of hydrogen-bond donors (Lipinski definition) is 2. The summed E-state index contributed by atoms with van der Waals surface area (Å²) < 4.78 is 24.3. The van der Waals surface area contributed by atoms with Crippen LogP contribution in [-0.2, 0) is 42.9 Å². The Morgan fingerprint density at radius 3 is 2.23 bits per heavy atom. The Balaban J connectivity index is 1.68. The van der Waals surface area contributed by atoms with Gasteiger partial charge in [-0.2, -0.15) is 0 Å². The summed E-state index contributed by atoms with van der Waals surface area (Å²) >= 11 is 0. The number of allylic oxidation sites excluding steroid dienone is 7. The number of piperidine rings is 1. The van der Waals surface area contributed by atoms with Crippen LogP contribution in [-0.4, -0.2) is 106 Å². The van der Waals surface area contributed by atoms with Gasteiger partial charge in [0.1, 0.15) is 30.1 Å². The Labute approximate surface area is 396 Å². The topological polar surface area (TPSA) is 166 Å². The number of carbonyl (C=O) groups excluding carboxylic acids is 5. The second kappa shape index (κ2) is 25.4. The number of esters is 1. The summed E-state index contributed by atoms with van der Waals surface area (Å²) in [6.45, 7) is 21.5. The number of aliphatic hydroxyl groups is 2. The summed E-state index contributed by atoms with van der Waals surface area (Å²) in [6.07, 6.45) is 15.1. The van der Waals surface area contributed by atoms with E-state index >= 15 is 0 Å². The first-order valence-corrected chi connectivity index (χ1v) is 25.2. The van der Waals surface area contributed by atoms with Crippen molar-refractivity contribution in [2.24, 2.45) is 47.3 Å². The average Bonchev–Trinajstić information content (AvgIpc) is 3.27. The summed E-state index contributed by atoms with van der Waals surface area (Å²) in [5.74, 6) is -6.79. The summed E-state index contributed by atoms with van der Waals surface area (Å²) in [5.41, 5.74) is 1.50. The zero-order valence-corrected chi connectivity index (χ0v) is 42.3. The number of aliphatic hydroxyl groups excluding tert-OH is 1. The summed E-state index contributed by atoms with van der Waals surface area (Å²) in [5, 5.41) is 23.4. The van der Waals surface area contributed by atoms with E-state index in [-0.39, 0.29) is 60.9 Å². The van der Waals surface area contributed by atoms with E-state index in [1.165, 1.54) is 12.0 Å². The van der Waals surface area contributed by atoms with Crippen LogP contribution in [0, 0.1) is 47.3 Å². The van der Waals surface area contributed by atoms with Crippen LogP contribution in [0.2, 0.25) is 0 Å². The molecule has 1 aliphatic carbocycles. The molecule has 66 heavy (non-hydrogen) atoms. The van der Waals surface area contributed by atoms with Crippen LogP contribution in [0.1, 0.15) is 153 Å². The number of ketones is 3. The minimum atomic E-state index is -2.35. The maximum absolute atomic E-state index is 14.4. The number of ether oxygens (including phenoxy) is 4. The highest BCUT2D eigenvalue weighted by atomic mass is 16.6. The first-order valence-electron chi connectivity index (χ1n) is 25.2. The maximum Gasteiger partial charge on any atom is 0.329 e. The summed E-state index contributed by atoms with van der Waals surface area (Å²) in [4.78, 5) is 72.0. The third-order valence-electron chi connectivity index (χ3n) is 15.1. The molecule has 372 valence electrons. The van der Waals surface area contributed by atoms with Crippen molar-refractivity contribution < 1.29 is 53.1 Å². The number of rotatable bonds is 6. The lowest BCUT2D eigenvalue weighted by Crippen LogP contribution is -2.60. The molecule has 3 heterocycles. The third-order valence-corrected chi connectivity index (χ3v) is 15.1. The smallest absolute Gasteiger partial charge is 0.329 e. The molecule has 15 atom stereocenters. The van der Waals surface area contributed by atoms with Crippen LogP contribution >= 0.6 is 0 Å². The lowest BCUT2D eigenvalue weighted by atomic mass is 9.75. The number of cyclic esters (lactones) is 1. The van der Waals surface area contributed by atoms with Crippen molar-refractivity contribution in [2.45, 2.75) is 202 Å². The van der Waals surface area contributed by atoms with Crippen molar-refractivity contribution in [3.8, 4) is 0 Å². The number of methoxy groups -OCH3 is 1. The number of nitrogens with zero attached hydrogens (tertiary/aromatic N) is 1. The minimum absolute atomic E-state index is 0.0419. The summed E-state index contributed by atoms with van der Waals surface area (Å²) in [6, 6.07) is -1.09. The molecule has 4 aliphatic rings. The monoisotopic (exact) mass is 924 g/mol. The number of carbonyl (C=O) groups is 5. The van der Waals surface area contributed by atoms with Crippen LogP contribution in [0.4, 0.5) is 0 Å². The molecular weight excluding hydrogens is 839 g/mol. The molecule has 2 saturated heterocycles. The molecule has 12 heteroatoms. The molecule has 2 bridgehead atoms. The van der Waals surface area contributed by atoms with Gasteiger partial charge in [0.25, 0.3) is 11.7 Å². The number of Topliss-reactive ketones (excluding diaryl/α,β-unsaturated/α-hetero) is 3. The van der Waals surface area contributed by atoms with Gasteiger partial charge in [-0.15, -0.1) is 0 Å². The fourth-order valence-electron chi connectivity index (χ4n) is 10.6. The van der Waals surface area contributed by atoms with Gasteiger partial charge < -0.3 is 34.1 Å². The van der Waals surface area contributed by atoms with Crippen LogP contribution in [0.25, 0.3) is 0 Å². The predicted octanol–water partition coefficient (Wildman–Crippen LogP) is 8.86. The summed E-state index contributed by atoms with van der Waals surface area (Å²) in [7, 11) is 1.40. The Morgan fingerprint density at radius 2 is 1.56 bits per heavy atom. The molecule has 0 aromatic rings. The minimum Gasteiger partial charge on any atom is -0.460 e. The standard InChI is InChI=1S/C54H85NO11/c1-32(2)64-46-24-22-42(28-37(46)7)29-38(8)47-31-45(56)36(6)27-40(10)49(58)50(63-12)48(57)39(9)26-33(3)18-14-13-15-19-34(4)35(5)30-43-23-21-41(11)54(62,66-43)51(59)52(60)55-25-17-16-20-44(55)53(61)65-47/h13-15,18-19,27,32-33,35-39,41-44,46-47,49-50,58,62H,16-17,20-26,28-31H2,1-12H3/b15-13+,18-14+,34-19+,40-27+/t33-,35+,36-,37-,38-,39-,41-,42-,43+,44+,46-,47?,49-,50+,54-/m1/s1. The molecule has 0 aromatic heterocycles. The number of fused-ring (bicyclic) bond motifs is 3. The van der Waals surface area contributed by atoms with Crippen LogP contribution in [0.3, 0.4) is 0 Å². The highest BCUT2D eigenvalue weighted by Crippen LogP contribution is 2.39. The Hall–Kier alpha value is -3.29. The van der Waals surface area contributed by atoms with Crippen molar-refractivity contribution in [1.82, 2.24) is 4.90 Å². The van der Waals surface area contributed by atoms with E-state index in [0.717, 1.165) is 24.8 Å². The van der Waals surface area contributed by atoms with Gasteiger partial charge in [-0.05, 0) is 133 Å². The second-order valence-electron chi connectivity index (χ2n) is 21.1. The van der Waals surface area contributed by atoms with Gasteiger partial charge in [0.2, 0.25) is 5.79 Å².